The Morgan fingerprint density at radius 1 is 1.17 bits per heavy atom. The first kappa shape index (κ1) is 24.8. The zero-order valence-corrected chi connectivity index (χ0v) is 20.6. The van der Waals surface area contributed by atoms with Gasteiger partial charge in [-0.1, -0.05) is 35.3 Å². The Morgan fingerprint density at radius 2 is 1.86 bits per heavy atom. The van der Waals surface area contributed by atoms with E-state index < -0.39 is 29.3 Å². The number of rotatable bonds is 7. The first-order chi connectivity index (χ1) is 16.6. The van der Waals surface area contributed by atoms with Crippen molar-refractivity contribution in [3.05, 3.63) is 84.7 Å². The highest BCUT2D eigenvalue weighted by atomic mass is 35.5. The van der Waals surface area contributed by atoms with E-state index >= 15 is 0 Å². The van der Waals surface area contributed by atoms with E-state index in [1.807, 2.05) is 13.8 Å². The Kier molecular flexibility index (Phi) is 7.18. The lowest BCUT2D eigenvalue weighted by molar-refractivity contribution is -0.146. The Morgan fingerprint density at radius 3 is 2.46 bits per heavy atom. The van der Waals surface area contributed by atoms with Gasteiger partial charge in [-0.2, -0.15) is 0 Å². The van der Waals surface area contributed by atoms with Gasteiger partial charge in [0, 0.05) is 11.1 Å². The molecular formula is C24H24Cl2N4O5. The Hall–Kier alpha value is -3.30. The Balaban J connectivity index is 1.81. The maximum atomic E-state index is 13.5. The first-order valence-electron chi connectivity index (χ1n) is 11.1. The van der Waals surface area contributed by atoms with Crippen molar-refractivity contribution < 1.29 is 14.6 Å². The van der Waals surface area contributed by atoms with Crippen LogP contribution in [-0.2, 0) is 11.3 Å². The van der Waals surface area contributed by atoms with Gasteiger partial charge >= 0.3 is 17.3 Å². The largest absolute Gasteiger partial charge is 0.489 e. The van der Waals surface area contributed by atoms with E-state index in [1.165, 1.54) is 4.57 Å². The van der Waals surface area contributed by atoms with E-state index in [9.17, 15) is 19.5 Å². The molecule has 9 nitrogen and oxygen atoms in total. The monoisotopic (exact) mass is 518 g/mol. The molecule has 0 amide bonds. The summed E-state index contributed by atoms with van der Waals surface area (Å²) < 4.78 is 8.05. The molecule has 11 heteroatoms. The van der Waals surface area contributed by atoms with Crippen molar-refractivity contribution in [2.75, 3.05) is 0 Å². The van der Waals surface area contributed by atoms with Crippen molar-refractivity contribution >= 4 is 34.9 Å². The van der Waals surface area contributed by atoms with Crippen molar-refractivity contribution in [2.24, 2.45) is 10.9 Å². The van der Waals surface area contributed by atoms with E-state index in [-0.39, 0.29) is 31.1 Å². The van der Waals surface area contributed by atoms with Crippen LogP contribution in [0.2, 0.25) is 10.0 Å². The first-order valence-corrected chi connectivity index (χ1v) is 11.8. The van der Waals surface area contributed by atoms with Gasteiger partial charge in [0.25, 0.3) is 0 Å². The molecule has 0 radical (unpaired) electrons. The van der Waals surface area contributed by atoms with Gasteiger partial charge in [-0.05, 0) is 62.6 Å². The van der Waals surface area contributed by atoms with Gasteiger partial charge in [0.05, 0.1) is 29.3 Å². The fourth-order valence-corrected chi connectivity index (χ4v) is 4.23. The maximum absolute atomic E-state index is 13.5. The number of aromatic nitrogens is 3. The number of carboxylic acid groups (broad SMARTS) is 1. The van der Waals surface area contributed by atoms with Gasteiger partial charge in [-0.25, -0.2) is 19.1 Å². The van der Waals surface area contributed by atoms with Crippen LogP contribution in [0, 0.1) is 5.92 Å². The van der Waals surface area contributed by atoms with Crippen LogP contribution in [0.4, 0.5) is 5.69 Å². The molecule has 0 spiro atoms. The molecule has 0 atom stereocenters. The highest BCUT2D eigenvalue weighted by Gasteiger charge is 2.37. The molecule has 0 unspecified atom stereocenters. The summed E-state index contributed by atoms with van der Waals surface area (Å²) in [5, 5.41) is 10.1. The molecule has 4 rings (SSSR count). The fraction of sp³-hybridized carbons (Fsp3) is 0.333. The third-order valence-electron chi connectivity index (χ3n) is 5.72. The fourth-order valence-electron chi connectivity index (χ4n) is 3.89. The molecule has 1 saturated carbocycles. The van der Waals surface area contributed by atoms with Crippen molar-refractivity contribution in [2.45, 2.75) is 45.4 Å². The van der Waals surface area contributed by atoms with Crippen LogP contribution in [0.5, 0.6) is 5.75 Å². The van der Waals surface area contributed by atoms with Crippen LogP contribution in [-0.4, -0.2) is 31.3 Å². The molecule has 184 valence electrons. The summed E-state index contributed by atoms with van der Waals surface area (Å²) in [4.78, 5) is 44.7. The predicted octanol–water partition coefficient (Wildman–Crippen LogP) is 3.75. The average Bonchev–Trinajstić information content (AvgIpc) is 2.75. The summed E-state index contributed by atoms with van der Waals surface area (Å²) in [7, 11) is 0. The molecule has 2 aromatic carbocycles. The number of hydrogen-bond acceptors (Lipinski definition) is 5. The average molecular weight is 519 g/mol. The van der Waals surface area contributed by atoms with E-state index in [0.717, 1.165) is 10.1 Å². The number of aliphatic carboxylic acids is 1. The zero-order valence-electron chi connectivity index (χ0n) is 19.1. The second-order valence-corrected chi connectivity index (χ2v) is 9.52. The molecule has 2 N–H and O–H groups in total. The number of benzene rings is 2. The van der Waals surface area contributed by atoms with Crippen LogP contribution in [0.3, 0.4) is 0 Å². The molecule has 1 heterocycles. The molecule has 1 aromatic heterocycles. The number of H-pyrrole nitrogens is 1. The lowest BCUT2D eigenvalue weighted by Crippen LogP contribution is -2.53. The Labute approximate surface area is 210 Å². The number of nitrogens with one attached hydrogen (secondary N) is 1. The number of ether oxygens (including phenoxy) is 1. The van der Waals surface area contributed by atoms with E-state index in [0.29, 0.717) is 21.5 Å². The number of aromatic amines is 1. The third-order valence-corrected chi connectivity index (χ3v) is 6.27. The molecular weight excluding hydrogens is 495 g/mol. The molecule has 1 fully saturated rings. The van der Waals surface area contributed by atoms with Crippen LogP contribution in [0.25, 0.3) is 0 Å². The molecule has 1 aliphatic carbocycles. The van der Waals surface area contributed by atoms with Crippen LogP contribution in [0.15, 0.2) is 57.0 Å². The van der Waals surface area contributed by atoms with Crippen molar-refractivity contribution in [1.82, 2.24) is 14.1 Å². The number of halogens is 2. The molecule has 35 heavy (non-hydrogen) atoms. The van der Waals surface area contributed by atoms with Crippen molar-refractivity contribution in [1.29, 1.82) is 0 Å². The number of carbonyl (C=O) groups is 1. The smallest absolute Gasteiger partial charge is 0.335 e. The number of nitrogens with zero attached hydrogens (tertiary/aromatic N) is 3. The standard InChI is InChI=1S/C24H24Cl2N4O5/c1-13(2)35-20-8-7-17(11-19(20)26)27-22-28-23(33)30(18-9-15(10-18)21(31)32)24(34)29(22)12-14-3-5-16(25)6-4-14/h3-8,11,13,15,18H,9-10,12H2,1-2H3,(H,31,32)(H,27,28,33)/t15-,18-. The lowest BCUT2D eigenvalue weighted by atomic mass is 9.80. The summed E-state index contributed by atoms with van der Waals surface area (Å²) in [5.74, 6) is -1.02. The van der Waals surface area contributed by atoms with E-state index in [2.05, 4.69) is 9.98 Å². The second-order valence-electron chi connectivity index (χ2n) is 8.67. The highest BCUT2D eigenvalue weighted by Crippen LogP contribution is 2.36. The predicted molar refractivity (Wildman–Crippen MR) is 132 cm³/mol. The summed E-state index contributed by atoms with van der Waals surface area (Å²) in [5.41, 5.74) is -0.0162. The van der Waals surface area contributed by atoms with Gasteiger partial charge in [0.15, 0.2) is 0 Å². The summed E-state index contributed by atoms with van der Waals surface area (Å²) in [6, 6.07) is 11.4. The minimum Gasteiger partial charge on any atom is -0.489 e. The van der Waals surface area contributed by atoms with Crippen molar-refractivity contribution in [3.63, 3.8) is 0 Å². The van der Waals surface area contributed by atoms with Crippen LogP contribution in [0.1, 0.15) is 38.3 Å². The molecule has 0 aliphatic heterocycles. The summed E-state index contributed by atoms with van der Waals surface area (Å²) >= 11 is 12.3. The van der Waals surface area contributed by atoms with Gasteiger partial charge in [0.2, 0.25) is 5.62 Å². The highest BCUT2D eigenvalue weighted by molar-refractivity contribution is 6.32. The van der Waals surface area contributed by atoms with Gasteiger partial charge in [0.1, 0.15) is 5.75 Å². The topological polar surface area (TPSA) is 119 Å². The number of carboxylic acids is 1. The SMILES string of the molecule is CC(C)Oc1ccc(/N=c2\[nH]c(=O)n([C@H]3C[C@H](C(=O)O)C3)c(=O)n2Cc2ccc(Cl)cc2)cc1Cl. The molecule has 1 aliphatic rings. The lowest BCUT2D eigenvalue weighted by Gasteiger charge is -2.33. The van der Waals surface area contributed by atoms with Gasteiger partial charge in [-0.15, -0.1) is 0 Å². The molecule has 3 aromatic rings. The summed E-state index contributed by atoms with van der Waals surface area (Å²) in [6.07, 6.45) is 0.360. The van der Waals surface area contributed by atoms with E-state index in [1.54, 1.807) is 42.5 Å². The minimum atomic E-state index is -0.937. The molecule has 0 bridgehead atoms. The van der Waals surface area contributed by atoms with Crippen LogP contribution < -0.4 is 21.7 Å². The van der Waals surface area contributed by atoms with E-state index in [4.69, 9.17) is 27.9 Å². The van der Waals surface area contributed by atoms with Crippen molar-refractivity contribution in [3.8, 4) is 5.75 Å². The second kappa shape index (κ2) is 10.1. The normalized spacial score (nSPS) is 17.9. The van der Waals surface area contributed by atoms with Crippen LogP contribution >= 0.6 is 23.2 Å². The minimum absolute atomic E-state index is 0.0360. The molecule has 0 saturated heterocycles. The van der Waals surface area contributed by atoms with Gasteiger partial charge in [-0.3, -0.25) is 14.3 Å². The zero-order chi connectivity index (χ0) is 25.3. The summed E-state index contributed by atoms with van der Waals surface area (Å²) in [6.45, 7) is 3.88. The Bertz CT molecular complexity index is 1430. The maximum Gasteiger partial charge on any atom is 0.335 e. The third kappa shape index (κ3) is 5.52. The number of hydrogen-bond donors (Lipinski definition) is 2. The quantitative estimate of drug-likeness (QED) is 0.493. The van der Waals surface area contributed by atoms with Gasteiger partial charge < -0.3 is 9.84 Å².